The van der Waals surface area contributed by atoms with Gasteiger partial charge in [-0.05, 0) is 49.4 Å². The standard InChI is InChI=1S/C19H23ClN4O3/c1-24-11-10-16(23-24)17(12-2-6-14(20)7-3-12)22-19(27)21-15-8-4-13(5-9-15)18(25)26/h2-3,6-7,10-11,13,15,17H,4-5,8-9H2,1H3,(H,25,26)(H2,21,22,27). The van der Waals surface area contributed by atoms with Crippen molar-refractivity contribution >= 4 is 23.6 Å². The molecule has 1 aliphatic rings. The molecule has 1 atom stereocenters. The van der Waals surface area contributed by atoms with Gasteiger partial charge >= 0.3 is 12.0 Å². The third-order valence-electron chi connectivity index (χ3n) is 4.92. The summed E-state index contributed by atoms with van der Waals surface area (Å²) < 4.78 is 1.69. The highest BCUT2D eigenvalue weighted by molar-refractivity contribution is 6.30. The number of aromatic nitrogens is 2. The fraction of sp³-hybridized carbons (Fsp3) is 0.421. The second-order valence-electron chi connectivity index (χ2n) is 6.90. The number of carbonyl (C=O) groups is 2. The number of aliphatic carboxylic acids is 1. The number of carboxylic acid groups (broad SMARTS) is 1. The van der Waals surface area contributed by atoms with Gasteiger partial charge in [0.1, 0.15) is 6.04 Å². The number of hydrogen-bond donors (Lipinski definition) is 3. The molecule has 3 rings (SSSR count). The largest absolute Gasteiger partial charge is 0.481 e. The minimum absolute atomic E-state index is 0.0183. The lowest BCUT2D eigenvalue weighted by Crippen LogP contribution is -2.45. The van der Waals surface area contributed by atoms with E-state index in [0.717, 1.165) is 11.3 Å². The monoisotopic (exact) mass is 390 g/mol. The van der Waals surface area contributed by atoms with E-state index in [1.165, 1.54) is 0 Å². The van der Waals surface area contributed by atoms with Crippen molar-refractivity contribution in [2.75, 3.05) is 0 Å². The molecule has 1 aromatic heterocycles. The molecule has 1 unspecified atom stereocenters. The Morgan fingerprint density at radius 3 is 2.41 bits per heavy atom. The van der Waals surface area contributed by atoms with Gasteiger partial charge < -0.3 is 15.7 Å². The Morgan fingerprint density at radius 2 is 1.85 bits per heavy atom. The molecule has 8 heteroatoms. The number of benzene rings is 1. The summed E-state index contributed by atoms with van der Waals surface area (Å²) in [5.74, 6) is -1.06. The van der Waals surface area contributed by atoms with Crippen LogP contribution in [-0.4, -0.2) is 32.9 Å². The summed E-state index contributed by atoms with van der Waals surface area (Å²) in [7, 11) is 1.82. The van der Waals surface area contributed by atoms with E-state index in [9.17, 15) is 9.59 Å². The van der Waals surface area contributed by atoms with Gasteiger partial charge in [0.15, 0.2) is 0 Å². The first-order valence-corrected chi connectivity index (χ1v) is 9.35. The molecular weight excluding hydrogens is 368 g/mol. The molecule has 27 heavy (non-hydrogen) atoms. The number of nitrogens with zero attached hydrogens (tertiary/aromatic N) is 2. The molecule has 144 valence electrons. The lowest BCUT2D eigenvalue weighted by atomic mass is 9.86. The van der Waals surface area contributed by atoms with Crippen molar-refractivity contribution in [1.82, 2.24) is 20.4 Å². The zero-order chi connectivity index (χ0) is 19.4. The third-order valence-corrected chi connectivity index (χ3v) is 5.17. The van der Waals surface area contributed by atoms with Crippen molar-refractivity contribution in [2.24, 2.45) is 13.0 Å². The Morgan fingerprint density at radius 1 is 1.19 bits per heavy atom. The molecule has 1 aliphatic carbocycles. The van der Waals surface area contributed by atoms with Crippen LogP contribution in [0.2, 0.25) is 5.02 Å². The summed E-state index contributed by atoms with van der Waals surface area (Å²) in [6, 6.07) is 8.42. The smallest absolute Gasteiger partial charge is 0.315 e. The molecule has 0 bridgehead atoms. The maximum absolute atomic E-state index is 12.6. The molecule has 7 nitrogen and oxygen atoms in total. The molecule has 3 N–H and O–H groups in total. The molecule has 0 radical (unpaired) electrons. The number of amides is 2. The van der Waals surface area contributed by atoms with E-state index in [4.69, 9.17) is 16.7 Å². The van der Waals surface area contributed by atoms with Crippen LogP contribution in [0.5, 0.6) is 0 Å². The Kier molecular flexibility index (Phi) is 6.01. The van der Waals surface area contributed by atoms with Crippen molar-refractivity contribution < 1.29 is 14.7 Å². The normalized spacial score (nSPS) is 20.7. The molecular formula is C19H23ClN4O3. The van der Waals surface area contributed by atoms with E-state index in [2.05, 4.69) is 15.7 Å². The van der Waals surface area contributed by atoms with Crippen LogP contribution in [0.1, 0.15) is 43.0 Å². The Bertz CT molecular complexity index is 798. The fourth-order valence-corrected chi connectivity index (χ4v) is 3.54. The number of urea groups is 1. The predicted molar refractivity (Wildman–Crippen MR) is 102 cm³/mol. The quantitative estimate of drug-likeness (QED) is 0.730. The first-order valence-electron chi connectivity index (χ1n) is 8.97. The fourth-order valence-electron chi connectivity index (χ4n) is 3.41. The Hall–Kier alpha value is -2.54. The zero-order valence-corrected chi connectivity index (χ0v) is 15.8. The first-order chi connectivity index (χ1) is 12.9. The molecule has 1 aromatic carbocycles. The van der Waals surface area contributed by atoms with Gasteiger partial charge in [-0.15, -0.1) is 0 Å². The lowest BCUT2D eigenvalue weighted by Gasteiger charge is -2.27. The average molecular weight is 391 g/mol. The van der Waals surface area contributed by atoms with Gasteiger partial charge in [0, 0.05) is 24.3 Å². The lowest BCUT2D eigenvalue weighted by molar-refractivity contribution is -0.142. The van der Waals surface area contributed by atoms with Crippen LogP contribution in [0.4, 0.5) is 4.79 Å². The average Bonchev–Trinajstić information content (AvgIpc) is 3.07. The SMILES string of the molecule is Cn1ccc(C(NC(=O)NC2CCC(C(=O)O)CC2)c2ccc(Cl)cc2)n1. The molecule has 0 spiro atoms. The van der Waals surface area contributed by atoms with Crippen LogP contribution in [0.25, 0.3) is 0 Å². The van der Waals surface area contributed by atoms with Gasteiger partial charge in [-0.1, -0.05) is 23.7 Å². The Labute approximate surface area is 162 Å². The van der Waals surface area contributed by atoms with E-state index in [1.807, 2.05) is 31.4 Å². The van der Waals surface area contributed by atoms with E-state index in [1.54, 1.807) is 16.8 Å². The number of rotatable bonds is 5. The molecule has 0 saturated heterocycles. The van der Waals surface area contributed by atoms with Crippen molar-refractivity contribution in [3.05, 3.63) is 52.8 Å². The molecule has 2 amide bonds. The maximum Gasteiger partial charge on any atom is 0.315 e. The van der Waals surface area contributed by atoms with Gasteiger partial charge in [0.2, 0.25) is 0 Å². The van der Waals surface area contributed by atoms with Gasteiger partial charge in [-0.3, -0.25) is 9.48 Å². The van der Waals surface area contributed by atoms with E-state index in [0.29, 0.717) is 30.7 Å². The van der Waals surface area contributed by atoms with Gasteiger partial charge in [0.25, 0.3) is 0 Å². The number of aryl methyl sites for hydroxylation is 1. The van der Waals surface area contributed by atoms with Gasteiger partial charge in [-0.2, -0.15) is 5.10 Å². The summed E-state index contributed by atoms with van der Waals surface area (Å²) in [6.45, 7) is 0. The summed E-state index contributed by atoms with van der Waals surface area (Å²) in [4.78, 5) is 23.6. The molecule has 0 aliphatic heterocycles. The molecule has 1 heterocycles. The highest BCUT2D eigenvalue weighted by Crippen LogP contribution is 2.25. The maximum atomic E-state index is 12.6. The minimum atomic E-state index is -0.754. The summed E-state index contributed by atoms with van der Waals surface area (Å²) in [5, 5.41) is 20.1. The molecule has 1 saturated carbocycles. The zero-order valence-electron chi connectivity index (χ0n) is 15.1. The second-order valence-corrected chi connectivity index (χ2v) is 7.34. The van der Waals surface area contributed by atoms with E-state index < -0.39 is 12.0 Å². The van der Waals surface area contributed by atoms with Gasteiger partial charge in [0.05, 0.1) is 11.6 Å². The second kappa shape index (κ2) is 8.43. The molecule has 1 fully saturated rings. The topological polar surface area (TPSA) is 96.2 Å². The summed E-state index contributed by atoms with van der Waals surface area (Å²) in [6.07, 6.45) is 4.33. The van der Waals surface area contributed by atoms with Crippen molar-refractivity contribution in [1.29, 1.82) is 0 Å². The van der Waals surface area contributed by atoms with E-state index >= 15 is 0 Å². The predicted octanol–water partition coefficient (Wildman–Crippen LogP) is 3.11. The third kappa shape index (κ3) is 5.01. The highest BCUT2D eigenvalue weighted by Gasteiger charge is 2.27. The van der Waals surface area contributed by atoms with Crippen molar-refractivity contribution in [2.45, 2.75) is 37.8 Å². The number of carboxylic acids is 1. The Balaban J connectivity index is 1.66. The number of hydrogen-bond acceptors (Lipinski definition) is 3. The van der Waals surface area contributed by atoms with Crippen LogP contribution in [0.15, 0.2) is 36.5 Å². The van der Waals surface area contributed by atoms with E-state index in [-0.39, 0.29) is 18.0 Å². The van der Waals surface area contributed by atoms with Crippen LogP contribution in [0.3, 0.4) is 0 Å². The van der Waals surface area contributed by atoms with Crippen LogP contribution in [-0.2, 0) is 11.8 Å². The van der Waals surface area contributed by atoms with Gasteiger partial charge in [-0.25, -0.2) is 4.79 Å². The highest BCUT2D eigenvalue weighted by atomic mass is 35.5. The van der Waals surface area contributed by atoms with Crippen LogP contribution >= 0.6 is 11.6 Å². The summed E-state index contributed by atoms with van der Waals surface area (Å²) in [5.41, 5.74) is 1.60. The van der Waals surface area contributed by atoms with Crippen LogP contribution in [0, 0.1) is 5.92 Å². The summed E-state index contributed by atoms with van der Waals surface area (Å²) >= 11 is 5.97. The number of carbonyl (C=O) groups excluding carboxylic acids is 1. The number of halogens is 1. The first kappa shape index (κ1) is 19.2. The minimum Gasteiger partial charge on any atom is -0.481 e. The molecule has 2 aromatic rings. The number of nitrogens with one attached hydrogen (secondary N) is 2. The van der Waals surface area contributed by atoms with Crippen molar-refractivity contribution in [3.63, 3.8) is 0 Å². The van der Waals surface area contributed by atoms with Crippen molar-refractivity contribution in [3.8, 4) is 0 Å². The van der Waals surface area contributed by atoms with Crippen LogP contribution < -0.4 is 10.6 Å².